The molecule has 2 heterocycles. The highest BCUT2D eigenvalue weighted by Gasteiger charge is 2.30. The van der Waals surface area contributed by atoms with Gasteiger partial charge in [0, 0.05) is 45.5 Å². The van der Waals surface area contributed by atoms with Crippen molar-refractivity contribution in [2.45, 2.75) is 44.8 Å². The molecule has 2 N–H and O–H groups in total. The van der Waals surface area contributed by atoms with Gasteiger partial charge in [-0.1, -0.05) is 0 Å². The number of nitrogens with zero attached hydrogens (tertiary/aromatic N) is 1. The lowest BCUT2D eigenvalue weighted by Gasteiger charge is -2.41. The predicted octanol–water partition coefficient (Wildman–Crippen LogP) is 1.24. The number of nitrogens with two attached hydrogens (primary N) is 1. The molecule has 2 fully saturated rings. The molecule has 0 aromatic rings. The summed E-state index contributed by atoms with van der Waals surface area (Å²) in [5.41, 5.74) is 6.01. The van der Waals surface area contributed by atoms with Crippen LogP contribution in [0.15, 0.2) is 0 Å². The molecule has 106 valence electrons. The Morgan fingerprint density at radius 2 is 1.89 bits per heavy atom. The van der Waals surface area contributed by atoms with Crippen LogP contribution in [-0.2, 0) is 9.47 Å². The molecule has 4 nitrogen and oxygen atoms in total. The first-order chi connectivity index (χ1) is 8.85. The summed E-state index contributed by atoms with van der Waals surface area (Å²) < 4.78 is 11.2. The Kier molecular flexibility index (Phi) is 5.89. The van der Waals surface area contributed by atoms with Crippen molar-refractivity contribution in [3.63, 3.8) is 0 Å². The van der Waals surface area contributed by atoms with E-state index < -0.39 is 0 Å². The molecule has 0 saturated carbocycles. The third kappa shape index (κ3) is 3.67. The second-order valence-corrected chi connectivity index (χ2v) is 5.44. The van der Waals surface area contributed by atoms with Crippen LogP contribution in [-0.4, -0.2) is 56.5 Å². The molecule has 0 aliphatic carbocycles. The largest absolute Gasteiger partial charge is 0.381 e. The summed E-state index contributed by atoms with van der Waals surface area (Å²) in [5.74, 6) is 0.729. The number of rotatable bonds is 5. The van der Waals surface area contributed by atoms with Crippen molar-refractivity contribution in [1.29, 1.82) is 0 Å². The standard InChI is InChI=1S/C14H28N2O2/c1-2-18-13-3-7-16(8-4-13)14(11-15)12-5-9-17-10-6-12/h12-14H,2-11,15H2,1H3. The average Bonchev–Trinajstić information content (AvgIpc) is 2.43. The SMILES string of the molecule is CCOC1CCN(C(CN)C2CCOCC2)CC1. The van der Waals surface area contributed by atoms with E-state index in [1.54, 1.807) is 0 Å². The van der Waals surface area contributed by atoms with Crippen molar-refractivity contribution in [1.82, 2.24) is 4.90 Å². The second-order valence-electron chi connectivity index (χ2n) is 5.44. The molecule has 0 bridgehead atoms. The van der Waals surface area contributed by atoms with Crippen LogP contribution >= 0.6 is 0 Å². The highest BCUT2D eigenvalue weighted by Crippen LogP contribution is 2.25. The molecule has 2 aliphatic heterocycles. The maximum absolute atomic E-state index is 6.01. The molecule has 1 unspecified atom stereocenters. The van der Waals surface area contributed by atoms with Crippen molar-refractivity contribution in [3.8, 4) is 0 Å². The lowest BCUT2D eigenvalue weighted by Crippen LogP contribution is -2.51. The summed E-state index contributed by atoms with van der Waals surface area (Å²) in [6.07, 6.45) is 5.14. The van der Waals surface area contributed by atoms with Gasteiger partial charge in [0.2, 0.25) is 0 Å². The lowest BCUT2D eigenvalue weighted by molar-refractivity contribution is -0.0180. The van der Waals surface area contributed by atoms with Crippen molar-refractivity contribution in [2.24, 2.45) is 11.7 Å². The van der Waals surface area contributed by atoms with Crippen LogP contribution in [0.25, 0.3) is 0 Å². The molecule has 0 aromatic heterocycles. The molecular weight excluding hydrogens is 228 g/mol. The molecule has 0 radical (unpaired) electrons. The molecule has 0 amide bonds. The van der Waals surface area contributed by atoms with Crippen LogP contribution in [0, 0.1) is 5.92 Å². The van der Waals surface area contributed by atoms with E-state index in [0.29, 0.717) is 12.1 Å². The number of hydrogen-bond donors (Lipinski definition) is 1. The summed E-state index contributed by atoms with van der Waals surface area (Å²) >= 11 is 0. The fourth-order valence-corrected chi connectivity index (χ4v) is 3.35. The van der Waals surface area contributed by atoms with E-state index in [0.717, 1.165) is 58.2 Å². The van der Waals surface area contributed by atoms with Crippen LogP contribution in [0.2, 0.25) is 0 Å². The van der Waals surface area contributed by atoms with Crippen LogP contribution in [0.4, 0.5) is 0 Å². The van der Waals surface area contributed by atoms with Gasteiger partial charge in [-0.05, 0) is 38.5 Å². The lowest BCUT2D eigenvalue weighted by atomic mass is 9.89. The van der Waals surface area contributed by atoms with Crippen molar-refractivity contribution < 1.29 is 9.47 Å². The Labute approximate surface area is 111 Å². The fraction of sp³-hybridized carbons (Fsp3) is 1.00. The van der Waals surface area contributed by atoms with Gasteiger partial charge < -0.3 is 15.2 Å². The van der Waals surface area contributed by atoms with Gasteiger partial charge in [0.1, 0.15) is 0 Å². The highest BCUT2D eigenvalue weighted by molar-refractivity contribution is 4.85. The van der Waals surface area contributed by atoms with E-state index in [-0.39, 0.29) is 0 Å². The van der Waals surface area contributed by atoms with Gasteiger partial charge in [-0.2, -0.15) is 0 Å². The van der Waals surface area contributed by atoms with E-state index in [1.807, 2.05) is 0 Å². The Morgan fingerprint density at radius 3 is 2.44 bits per heavy atom. The van der Waals surface area contributed by atoms with Gasteiger partial charge in [0.05, 0.1) is 6.10 Å². The topological polar surface area (TPSA) is 47.7 Å². The minimum atomic E-state index is 0.472. The third-order valence-electron chi connectivity index (χ3n) is 4.40. The molecule has 4 heteroatoms. The molecule has 2 rings (SSSR count). The summed E-state index contributed by atoms with van der Waals surface area (Å²) in [4.78, 5) is 2.59. The number of likely N-dealkylation sites (tertiary alicyclic amines) is 1. The molecular formula is C14H28N2O2. The van der Waals surface area contributed by atoms with E-state index >= 15 is 0 Å². The van der Waals surface area contributed by atoms with E-state index in [4.69, 9.17) is 15.2 Å². The highest BCUT2D eigenvalue weighted by atomic mass is 16.5. The molecule has 0 spiro atoms. The first kappa shape index (κ1) is 14.3. The summed E-state index contributed by atoms with van der Waals surface area (Å²) in [6.45, 7) is 7.81. The van der Waals surface area contributed by atoms with E-state index in [2.05, 4.69) is 11.8 Å². The second kappa shape index (κ2) is 7.43. The third-order valence-corrected chi connectivity index (χ3v) is 4.40. The summed E-state index contributed by atoms with van der Waals surface area (Å²) in [5, 5.41) is 0. The monoisotopic (exact) mass is 256 g/mol. The summed E-state index contributed by atoms with van der Waals surface area (Å²) in [7, 11) is 0. The van der Waals surface area contributed by atoms with Crippen molar-refractivity contribution in [2.75, 3.05) is 39.5 Å². The first-order valence-electron chi connectivity index (χ1n) is 7.48. The molecule has 0 aromatic carbocycles. The maximum atomic E-state index is 6.01. The minimum Gasteiger partial charge on any atom is -0.381 e. The molecule has 1 atom stereocenters. The Bertz CT molecular complexity index is 224. The average molecular weight is 256 g/mol. The van der Waals surface area contributed by atoms with Crippen LogP contribution in [0.1, 0.15) is 32.6 Å². The fourth-order valence-electron chi connectivity index (χ4n) is 3.35. The van der Waals surface area contributed by atoms with E-state index in [9.17, 15) is 0 Å². The van der Waals surface area contributed by atoms with Crippen molar-refractivity contribution >= 4 is 0 Å². The normalized spacial score (nSPS) is 26.3. The van der Waals surface area contributed by atoms with Gasteiger partial charge in [-0.25, -0.2) is 0 Å². The van der Waals surface area contributed by atoms with Gasteiger partial charge >= 0.3 is 0 Å². The Balaban J connectivity index is 1.81. The molecule has 2 saturated heterocycles. The Morgan fingerprint density at radius 1 is 1.22 bits per heavy atom. The zero-order valence-electron chi connectivity index (χ0n) is 11.6. The Hall–Kier alpha value is -0.160. The number of ether oxygens (including phenoxy) is 2. The van der Waals surface area contributed by atoms with Crippen LogP contribution in [0.3, 0.4) is 0 Å². The number of hydrogen-bond acceptors (Lipinski definition) is 4. The number of piperidine rings is 1. The molecule has 18 heavy (non-hydrogen) atoms. The van der Waals surface area contributed by atoms with Gasteiger partial charge in [-0.3, -0.25) is 4.90 Å². The molecule has 2 aliphatic rings. The van der Waals surface area contributed by atoms with Gasteiger partial charge in [0.25, 0.3) is 0 Å². The first-order valence-corrected chi connectivity index (χ1v) is 7.48. The van der Waals surface area contributed by atoms with Gasteiger partial charge in [-0.15, -0.1) is 0 Å². The quantitative estimate of drug-likeness (QED) is 0.804. The van der Waals surface area contributed by atoms with E-state index in [1.165, 1.54) is 12.8 Å². The summed E-state index contributed by atoms with van der Waals surface area (Å²) in [6, 6.07) is 0.552. The maximum Gasteiger partial charge on any atom is 0.0599 e. The zero-order chi connectivity index (χ0) is 12.8. The van der Waals surface area contributed by atoms with Crippen molar-refractivity contribution in [3.05, 3.63) is 0 Å². The smallest absolute Gasteiger partial charge is 0.0599 e. The van der Waals surface area contributed by atoms with Gasteiger partial charge in [0.15, 0.2) is 0 Å². The van der Waals surface area contributed by atoms with Crippen LogP contribution in [0.5, 0.6) is 0 Å². The predicted molar refractivity (Wildman–Crippen MR) is 72.6 cm³/mol. The van der Waals surface area contributed by atoms with Crippen LogP contribution < -0.4 is 5.73 Å². The minimum absolute atomic E-state index is 0.472. The zero-order valence-corrected chi connectivity index (χ0v) is 11.6.